The molecule has 0 radical (unpaired) electrons. The second-order valence-electron chi connectivity index (χ2n) is 4.47. The van der Waals surface area contributed by atoms with Gasteiger partial charge in [0.1, 0.15) is 0 Å². The molecule has 0 aliphatic heterocycles. The van der Waals surface area contributed by atoms with E-state index in [9.17, 15) is 9.59 Å². The molecule has 1 rings (SSSR count). The van der Waals surface area contributed by atoms with E-state index in [1.54, 1.807) is 0 Å². The fraction of sp³-hybridized carbons (Fsp3) is 0.385. The Morgan fingerprint density at radius 2 is 1.86 bits per heavy atom. The zero-order chi connectivity index (χ0) is 14.3. The molecular weight excluding hydrogens is 315 g/mol. The van der Waals surface area contributed by atoms with Crippen molar-refractivity contribution in [1.82, 2.24) is 10.2 Å². The molecule has 0 heterocycles. The number of amides is 2. The van der Waals surface area contributed by atoms with Gasteiger partial charge in [-0.05, 0) is 31.8 Å². The van der Waals surface area contributed by atoms with Gasteiger partial charge in [0, 0.05) is 12.2 Å². The Kier molecular flexibility index (Phi) is 11.8. The number of carbonyl (C=O) groups excluding carboxylic acids is 2. The van der Waals surface area contributed by atoms with Gasteiger partial charge in [-0.15, -0.1) is 24.8 Å². The van der Waals surface area contributed by atoms with Gasteiger partial charge in [0.25, 0.3) is 0 Å². The monoisotopic (exact) mass is 336 g/mol. The summed E-state index contributed by atoms with van der Waals surface area (Å²) >= 11 is 0. The summed E-state index contributed by atoms with van der Waals surface area (Å²) in [4.78, 5) is 24.6. The van der Waals surface area contributed by atoms with Crippen LogP contribution in [0.3, 0.4) is 0 Å². The van der Waals surface area contributed by atoms with Gasteiger partial charge in [0.2, 0.25) is 11.8 Å². The molecule has 0 fully saturated rings. The zero-order valence-electron chi connectivity index (χ0n) is 12.1. The summed E-state index contributed by atoms with van der Waals surface area (Å²) in [5.41, 5.74) is 6.95. The third-order valence-corrected chi connectivity index (χ3v) is 2.34. The maximum Gasteiger partial charge on any atom is 0.243 e. The van der Waals surface area contributed by atoms with Crippen LogP contribution in [0.15, 0.2) is 24.3 Å². The molecular formula is C13H22Cl2N4O2. The lowest BCUT2D eigenvalue weighted by atomic mass is 10.2. The van der Waals surface area contributed by atoms with Gasteiger partial charge >= 0.3 is 0 Å². The van der Waals surface area contributed by atoms with Crippen molar-refractivity contribution in [2.24, 2.45) is 5.73 Å². The molecule has 21 heavy (non-hydrogen) atoms. The van der Waals surface area contributed by atoms with Crippen LogP contribution in [0.25, 0.3) is 0 Å². The molecule has 1 aromatic carbocycles. The zero-order valence-corrected chi connectivity index (χ0v) is 13.7. The molecule has 6 nitrogen and oxygen atoms in total. The minimum absolute atomic E-state index is 0. The number of nitrogens with two attached hydrogens (primary N) is 1. The van der Waals surface area contributed by atoms with Crippen molar-refractivity contribution in [1.29, 1.82) is 0 Å². The fourth-order valence-corrected chi connectivity index (χ4v) is 1.57. The van der Waals surface area contributed by atoms with Crippen LogP contribution in [0.1, 0.15) is 5.56 Å². The van der Waals surface area contributed by atoms with Gasteiger partial charge < -0.3 is 21.3 Å². The van der Waals surface area contributed by atoms with Crippen molar-refractivity contribution >= 4 is 42.3 Å². The number of hydrogen-bond donors (Lipinski definition) is 3. The molecule has 0 aliphatic carbocycles. The van der Waals surface area contributed by atoms with Crippen LogP contribution in [-0.4, -0.2) is 43.9 Å². The first kappa shape index (κ1) is 21.9. The molecule has 0 saturated carbocycles. The van der Waals surface area contributed by atoms with Crippen molar-refractivity contribution in [2.45, 2.75) is 6.54 Å². The summed E-state index contributed by atoms with van der Waals surface area (Å²) in [6.45, 7) is 0.604. The number of nitrogens with one attached hydrogen (secondary N) is 2. The molecule has 4 N–H and O–H groups in total. The maximum absolute atomic E-state index is 11.6. The Morgan fingerprint density at radius 3 is 2.43 bits per heavy atom. The highest BCUT2D eigenvalue weighted by Gasteiger charge is 2.05. The predicted octanol–water partition coefficient (Wildman–Crippen LogP) is 0.605. The molecule has 0 saturated heterocycles. The van der Waals surface area contributed by atoms with Crippen molar-refractivity contribution in [3.05, 3.63) is 29.8 Å². The predicted molar refractivity (Wildman–Crippen MR) is 89.0 cm³/mol. The van der Waals surface area contributed by atoms with Crippen LogP contribution in [0.2, 0.25) is 0 Å². The Hall–Kier alpha value is -1.34. The lowest BCUT2D eigenvalue weighted by Gasteiger charge is -2.11. The van der Waals surface area contributed by atoms with Crippen molar-refractivity contribution < 1.29 is 9.59 Å². The Labute approximate surface area is 137 Å². The lowest BCUT2D eigenvalue weighted by molar-refractivity contribution is -0.123. The van der Waals surface area contributed by atoms with Crippen molar-refractivity contribution in [2.75, 3.05) is 32.5 Å². The fourth-order valence-electron chi connectivity index (χ4n) is 1.57. The van der Waals surface area contributed by atoms with Crippen molar-refractivity contribution in [3.8, 4) is 0 Å². The number of anilines is 1. The Morgan fingerprint density at radius 1 is 1.19 bits per heavy atom. The van der Waals surface area contributed by atoms with E-state index in [4.69, 9.17) is 5.73 Å². The molecule has 0 atom stereocenters. The van der Waals surface area contributed by atoms with Gasteiger partial charge in [-0.25, -0.2) is 0 Å². The summed E-state index contributed by atoms with van der Waals surface area (Å²) in [6.07, 6.45) is 0. The van der Waals surface area contributed by atoms with Crippen LogP contribution in [-0.2, 0) is 16.1 Å². The summed E-state index contributed by atoms with van der Waals surface area (Å²) in [6, 6.07) is 7.59. The number of hydrogen-bond acceptors (Lipinski definition) is 4. The van der Waals surface area contributed by atoms with E-state index in [1.165, 1.54) is 0 Å². The molecule has 1 aromatic rings. The number of carbonyl (C=O) groups is 2. The molecule has 8 heteroatoms. The van der Waals surface area contributed by atoms with E-state index < -0.39 is 0 Å². The minimum atomic E-state index is -0.350. The van der Waals surface area contributed by atoms with Crippen LogP contribution in [0.5, 0.6) is 0 Å². The number of nitrogens with zero attached hydrogens (tertiary/aromatic N) is 1. The van der Waals surface area contributed by atoms with E-state index >= 15 is 0 Å². The van der Waals surface area contributed by atoms with Crippen LogP contribution < -0.4 is 16.4 Å². The van der Waals surface area contributed by atoms with Crippen LogP contribution in [0, 0.1) is 0 Å². The Bertz CT molecular complexity index is 456. The smallest absolute Gasteiger partial charge is 0.243 e. The van der Waals surface area contributed by atoms with Crippen molar-refractivity contribution in [3.63, 3.8) is 0 Å². The molecule has 0 spiro atoms. The van der Waals surface area contributed by atoms with Gasteiger partial charge in [0.05, 0.1) is 13.1 Å². The van der Waals surface area contributed by atoms with E-state index in [0.717, 1.165) is 12.1 Å². The average molecular weight is 337 g/mol. The van der Waals surface area contributed by atoms with E-state index in [1.807, 2.05) is 43.3 Å². The van der Waals surface area contributed by atoms with Crippen LogP contribution >= 0.6 is 24.8 Å². The van der Waals surface area contributed by atoms with Crippen LogP contribution in [0.4, 0.5) is 5.69 Å². The molecule has 0 bridgehead atoms. The first-order valence-electron chi connectivity index (χ1n) is 6.01. The molecule has 0 aliphatic rings. The summed E-state index contributed by atoms with van der Waals surface area (Å²) in [5, 5.41) is 5.14. The average Bonchev–Trinajstić information content (AvgIpc) is 2.35. The third kappa shape index (κ3) is 9.25. The molecule has 2 amide bonds. The second kappa shape index (κ2) is 11.3. The van der Waals surface area contributed by atoms with Gasteiger partial charge in [-0.2, -0.15) is 0 Å². The summed E-state index contributed by atoms with van der Waals surface area (Å²) in [7, 11) is 3.96. The molecule has 120 valence electrons. The highest BCUT2D eigenvalue weighted by molar-refractivity contribution is 5.94. The van der Waals surface area contributed by atoms with E-state index in [0.29, 0.717) is 5.69 Å². The largest absolute Gasteiger partial charge is 0.346 e. The topological polar surface area (TPSA) is 87.5 Å². The third-order valence-electron chi connectivity index (χ3n) is 2.34. The quantitative estimate of drug-likeness (QED) is 0.710. The number of benzene rings is 1. The highest BCUT2D eigenvalue weighted by atomic mass is 35.5. The lowest BCUT2D eigenvalue weighted by Crippen LogP contribution is -2.36. The second-order valence-corrected chi connectivity index (χ2v) is 4.47. The SMILES string of the molecule is CN(C)Cc1cccc(NC(=O)CNC(=O)CN)c1.Cl.Cl. The first-order chi connectivity index (χ1) is 9.01. The van der Waals surface area contributed by atoms with E-state index in [-0.39, 0.29) is 49.7 Å². The van der Waals surface area contributed by atoms with Gasteiger partial charge in [0.15, 0.2) is 0 Å². The number of rotatable bonds is 6. The normalized spacial score (nSPS) is 9.33. The first-order valence-corrected chi connectivity index (χ1v) is 6.01. The highest BCUT2D eigenvalue weighted by Crippen LogP contribution is 2.11. The molecule has 0 aromatic heterocycles. The minimum Gasteiger partial charge on any atom is -0.346 e. The van der Waals surface area contributed by atoms with E-state index in [2.05, 4.69) is 10.6 Å². The standard InChI is InChI=1S/C13H20N4O2.2ClH/c1-17(2)9-10-4-3-5-11(6-10)16-13(19)8-15-12(18)7-14;;/h3-6H,7-9,14H2,1-2H3,(H,15,18)(H,16,19);2*1H. The van der Waals surface area contributed by atoms with Gasteiger partial charge in [-0.1, -0.05) is 12.1 Å². The van der Waals surface area contributed by atoms with Gasteiger partial charge in [-0.3, -0.25) is 9.59 Å². The Balaban J connectivity index is 0. The summed E-state index contributed by atoms with van der Waals surface area (Å²) in [5.74, 6) is -0.625. The maximum atomic E-state index is 11.6. The summed E-state index contributed by atoms with van der Waals surface area (Å²) < 4.78 is 0. The molecule has 0 unspecified atom stereocenters. The number of halogens is 2.